The first-order chi connectivity index (χ1) is 5.74. The predicted octanol–water partition coefficient (Wildman–Crippen LogP) is -0.373. The first-order valence-corrected chi connectivity index (χ1v) is 3.38. The number of nitrogens with zero attached hydrogens (tertiary/aromatic N) is 2. The Labute approximate surface area is 69.9 Å². The smallest absolute Gasteiger partial charge is 0.152 e. The molecule has 0 aliphatic carbocycles. The molecule has 12 heavy (non-hydrogen) atoms. The van der Waals surface area contributed by atoms with Gasteiger partial charge in [-0.1, -0.05) is 0 Å². The summed E-state index contributed by atoms with van der Waals surface area (Å²) in [6, 6.07) is 1.49. The molecule has 0 atom stereocenters. The number of rotatable bonds is 2. The van der Waals surface area contributed by atoms with Crippen molar-refractivity contribution in [3.05, 3.63) is 24.0 Å². The SMILES string of the molecule is CN/N=C(\N)c1cncc(O)c1. The van der Waals surface area contributed by atoms with E-state index in [0.29, 0.717) is 11.4 Å². The molecule has 4 N–H and O–H groups in total. The summed E-state index contributed by atoms with van der Waals surface area (Å²) in [5.74, 6) is 0.364. The highest BCUT2D eigenvalue weighted by atomic mass is 16.3. The van der Waals surface area contributed by atoms with Crippen LogP contribution < -0.4 is 11.2 Å². The second-order valence-corrected chi connectivity index (χ2v) is 2.15. The van der Waals surface area contributed by atoms with Crippen LogP contribution in [-0.4, -0.2) is 23.0 Å². The molecule has 64 valence electrons. The summed E-state index contributed by atoms with van der Waals surface area (Å²) in [5.41, 5.74) is 8.64. The van der Waals surface area contributed by atoms with Crippen LogP contribution in [0.3, 0.4) is 0 Å². The maximum absolute atomic E-state index is 9.04. The van der Waals surface area contributed by atoms with Gasteiger partial charge in [-0.3, -0.25) is 4.98 Å². The molecule has 0 spiro atoms. The van der Waals surface area contributed by atoms with Gasteiger partial charge in [0.15, 0.2) is 5.84 Å². The molecule has 1 aromatic rings. The lowest BCUT2D eigenvalue weighted by molar-refractivity contribution is 0.472. The topological polar surface area (TPSA) is 83.5 Å². The number of pyridine rings is 1. The van der Waals surface area contributed by atoms with E-state index in [1.807, 2.05) is 0 Å². The van der Waals surface area contributed by atoms with Gasteiger partial charge in [0.25, 0.3) is 0 Å². The molecule has 5 heteroatoms. The van der Waals surface area contributed by atoms with E-state index in [2.05, 4.69) is 15.5 Å². The van der Waals surface area contributed by atoms with Gasteiger partial charge in [0.05, 0.1) is 6.20 Å². The van der Waals surface area contributed by atoms with E-state index in [1.165, 1.54) is 18.5 Å². The van der Waals surface area contributed by atoms with E-state index in [4.69, 9.17) is 10.8 Å². The zero-order chi connectivity index (χ0) is 8.97. The molecule has 0 saturated heterocycles. The van der Waals surface area contributed by atoms with Gasteiger partial charge in [-0.15, -0.1) is 0 Å². The normalized spacial score (nSPS) is 11.2. The Balaban J connectivity index is 2.95. The third-order valence-corrected chi connectivity index (χ3v) is 1.25. The Hall–Kier alpha value is -1.78. The second-order valence-electron chi connectivity index (χ2n) is 2.15. The van der Waals surface area contributed by atoms with Gasteiger partial charge in [0.2, 0.25) is 0 Å². The Bertz CT molecular complexity index is 297. The average Bonchev–Trinajstić information content (AvgIpc) is 2.05. The fourth-order valence-electron chi connectivity index (χ4n) is 0.753. The van der Waals surface area contributed by atoms with E-state index in [-0.39, 0.29) is 5.75 Å². The summed E-state index contributed by atoms with van der Waals surface area (Å²) in [5, 5.41) is 12.8. The largest absolute Gasteiger partial charge is 0.506 e. The molecule has 5 nitrogen and oxygen atoms in total. The van der Waals surface area contributed by atoms with E-state index >= 15 is 0 Å². The van der Waals surface area contributed by atoms with Crippen molar-refractivity contribution >= 4 is 5.84 Å². The van der Waals surface area contributed by atoms with Gasteiger partial charge in [-0.2, -0.15) is 5.10 Å². The molecule has 0 fully saturated rings. The highest BCUT2D eigenvalue weighted by Gasteiger charge is 1.98. The van der Waals surface area contributed by atoms with Crippen molar-refractivity contribution in [3.63, 3.8) is 0 Å². The molecule has 1 aromatic heterocycles. The molecule has 1 rings (SSSR count). The van der Waals surface area contributed by atoms with Crippen LogP contribution in [0.5, 0.6) is 5.75 Å². The fourth-order valence-corrected chi connectivity index (χ4v) is 0.753. The molecule has 0 aliphatic heterocycles. The van der Waals surface area contributed by atoms with Gasteiger partial charge < -0.3 is 16.3 Å². The zero-order valence-electron chi connectivity index (χ0n) is 6.65. The number of amidine groups is 1. The number of nitrogens with two attached hydrogens (primary N) is 1. The van der Waals surface area contributed by atoms with E-state index in [9.17, 15) is 0 Å². The first-order valence-electron chi connectivity index (χ1n) is 3.38. The summed E-state index contributed by atoms with van der Waals surface area (Å²) < 4.78 is 0. The van der Waals surface area contributed by atoms with Gasteiger partial charge >= 0.3 is 0 Å². The molecular weight excluding hydrogens is 156 g/mol. The van der Waals surface area contributed by atoms with E-state index < -0.39 is 0 Å². The Morgan fingerprint density at radius 2 is 2.42 bits per heavy atom. The van der Waals surface area contributed by atoms with Crippen LogP contribution in [0.15, 0.2) is 23.6 Å². The number of aromatic hydroxyl groups is 1. The van der Waals surface area contributed by atoms with Gasteiger partial charge in [-0.05, 0) is 6.07 Å². The summed E-state index contributed by atoms with van der Waals surface area (Å²) in [6.45, 7) is 0. The van der Waals surface area contributed by atoms with Crippen LogP contribution in [0.1, 0.15) is 5.56 Å². The van der Waals surface area contributed by atoms with Crippen LogP contribution in [0, 0.1) is 0 Å². The monoisotopic (exact) mass is 166 g/mol. The maximum atomic E-state index is 9.04. The van der Waals surface area contributed by atoms with Gasteiger partial charge in [0.1, 0.15) is 5.75 Å². The minimum absolute atomic E-state index is 0.0711. The third-order valence-electron chi connectivity index (χ3n) is 1.25. The number of hydrazone groups is 1. The van der Waals surface area contributed by atoms with Crippen molar-refractivity contribution in [2.45, 2.75) is 0 Å². The maximum Gasteiger partial charge on any atom is 0.152 e. The Morgan fingerprint density at radius 1 is 1.67 bits per heavy atom. The van der Waals surface area contributed by atoms with E-state index in [0.717, 1.165) is 0 Å². The summed E-state index contributed by atoms with van der Waals surface area (Å²) in [6.07, 6.45) is 2.85. The quantitative estimate of drug-likeness (QED) is 0.318. The van der Waals surface area contributed by atoms with Crippen molar-refractivity contribution in [1.82, 2.24) is 10.4 Å². The van der Waals surface area contributed by atoms with Crippen molar-refractivity contribution in [3.8, 4) is 5.75 Å². The van der Waals surface area contributed by atoms with Crippen LogP contribution >= 0.6 is 0 Å². The molecule has 0 unspecified atom stereocenters. The lowest BCUT2D eigenvalue weighted by Gasteiger charge is -1.99. The standard InChI is InChI=1S/C7H10N4O/c1-9-11-7(8)5-2-6(12)4-10-3-5/h2-4,9,12H,1H3,(H2,8,11). The average molecular weight is 166 g/mol. The minimum atomic E-state index is 0.0711. The van der Waals surface area contributed by atoms with Crippen LogP contribution in [-0.2, 0) is 0 Å². The van der Waals surface area contributed by atoms with Gasteiger partial charge in [0, 0.05) is 18.8 Å². The van der Waals surface area contributed by atoms with Crippen LogP contribution in [0.25, 0.3) is 0 Å². The third kappa shape index (κ3) is 1.85. The molecule has 0 radical (unpaired) electrons. The highest BCUT2D eigenvalue weighted by Crippen LogP contribution is 2.07. The molecule has 0 amide bonds. The lowest BCUT2D eigenvalue weighted by Crippen LogP contribution is -2.17. The summed E-state index contributed by atoms with van der Waals surface area (Å²) in [4.78, 5) is 3.75. The Morgan fingerprint density at radius 3 is 3.00 bits per heavy atom. The summed E-state index contributed by atoms with van der Waals surface area (Å²) in [7, 11) is 1.64. The lowest BCUT2D eigenvalue weighted by atomic mass is 10.2. The first kappa shape index (κ1) is 8.32. The van der Waals surface area contributed by atoms with Gasteiger partial charge in [-0.25, -0.2) is 0 Å². The predicted molar refractivity (Wildman–Crippen MR) is 45.7 cm³/mol. The Kier molecular flexibility index (Phi) is 2.47. The second kappa shape index (κ2) is 3.56. The van der Waals surface area contributed by atoms with Crippen molar-refractivity contribution in [2.24, 2.45) is 10.8 Å². The number of aromatic nitrogens is 1. The van der Waals surface area contributed by atoms with Crippen LogP contribution in [0.4, 0.5) is 0 Å². The minimum Gasteiger partial charge on any atom is -0.506 e. The highest BCUT2D eigenvalue weighted by molar-refractivity contribution is 5.97. The molecule has 0 aliphatic rings. The molecule has 0 bridgehead atoms. The number of nitrogens with one attached hydrogen (secondary N) is 1. The van der Waals surface area contributed by atoms with Crippen molar-refractivity contribution in [2.75, 3.05) is 7.05 Å². The van der Waals surface area contributed by atoms with E-state index in [1.54, 1.807) is 7.05 Å². The molecular formula is C7H10N4O. The summed E-state index contributed by atoms with van der Waals surface area (Å²) >= 11 is 0. The number of hydrogen-bond donors (Lipinski definition) is 3. The number of hydrogen-bond acceptors (Lipinski definition) is 4. The fraction of sp³-hybridized carbons (Fsp3) is 0.143. The van der Waals surface area contributed by atoms with Crippen LogP contribution in [0.2, 0.25) is 0 Å². The zero-order valence-corrected chi connectivity index (χ0v) is 6.65. The molecule has 0 saturated carbocycles. The molecule has 1 heterocycles. The van der Waals surface area contributed by atoms with Crippen molar-refractivity contribution < 1.29 is 5.11 Å². The molecule has 0 aromatic carbocycles. The van der Waals surface area contributed by atoms with Crippen molar-refractivity contribution in [1.29, 1.82) is 0 Å².